The Kier molecular flexibility index (Phi) is 6.39. The highest BCUT2D eigenvalue weighted by atomic mass is 16.6. The van der Waals surface area contributed by atoms with Gasteiger partial charge in [-0.15, -0.1) is 0 Å². The Labute approximate surface area is 153 Å². The van der Waals surface area contributed by atoms with Gasteiger partial charge in [-0.3, -0.25) is 9.80 Å². The fraction of sp³-hybridized carbons (Fsp3) is 0.947. The molecule has 0 aromatic rings. The number of likely N-dealkylation sites (N-methyl/N-ethyl adjacent to an activating group) is 1. The first-order valence-electron chi connectivity index (χ1n) is 9.68. The molecule has 3 unspecified atom stereocenters. The van der Waals surface area contributed by atoms with Crippen LogP contribution < -0.4 is 11.1 Å². The van der Waals surface area contributed by atoms with Crippen molar-refractivity contribution in [2.45, 2.75) is 89.6 Å². The monoisotopic (exact) mass is 354 g/mol. The van der Waals surface area contributed by atoms with Gasteiger partial charge in [0.25, 0.3) is 0 Å². The highest BCUT2D eigenvalue weighted by Crippen LogP contribution is 2.30. The van der Waals surface area contributed by atoms with Crippen molar-refractivity contribution in [3.63, 3.8) is 0 Å². The van der Waals surface area contributed by atoms with Crippen molar-refractivity contribution >= 4 is 6.09 Å². The molecule has 0 radical (unpaired) electrons. The van der Waals surface area contributed by atoms with Gasteiger partial charge < -0.3 is 15.8 Å². The van der Waals surface area contributed by atoms with Crippen LogP contribution in [0.25, 0.3) is 0 Å². The number of ether oxygens (including phenoxy) is 1. The molecule has 0 aliphatic carbocycles. The van der Waals surface area contributed by atoms with E-state index in [1.807, 2.05) is 20.8 Å². The summed E-state index contributed by atoms with van der Waals surface area (Å²) in [7, 11) is 2.26. The molecule has 2 saturated heterocycles. The van der Waals surface area contributed by atoms with Crippen molar-refractivity contribution in [3.8, 4) is 0 Å². The maximum Gasteiger partial charge on any atom is 0.408 e. The van der Waals surface area contributed by atoms with Crippen molar-refractivity contribution in [1.29, 1.82) is 0 Å². The minimum absolute atomic E-state index is 0.276. The summed E-state index contributed by atoms with van der Waals surface area (Å²) in [6.45, 7) is 12.5. The summed E-state index contributed by atoms with van der Waals surface area (Å²) >= 11 is 0. The SMILES string of the molecule is CN1C2CCC1CN(C(CN)CC(C)(C)NC(=O)OC(C)(C)C)CC2. The molecular weight excluding hydrogens is 316 g/mol. The number of nitrogens with zero attached hydrogens (tertiary/aromatic N) is 2. The van der Waals surface area contributed by atoms with Gasteiger partial charge in [0.15, 0.2) is 0 Å². The van der Waals surface area contributed by atoms with E-state index in [2.05, 4.69) is 36.0 Å². The minimum atomic E-state index is -0.484. The number of carbonyl (C=O) groups excluding carboxylic acids is 1. The van der Waals surface area contributed by atoms with Crippen LogP contribution in [0.5, 0.6) is 0 Å². The third-order valence-electron chi connectivity index (χ3n) is 5.55. The summed E-state index contributed by atoms with van der Waals surface area (Å²) < 4.78 is 5.41. The van der Waals surface area contributed by atoms with Crippen molar-refractivity contribution < 1.29 is 9.53 Å². The number of nitrogens with two attached hydrogens (primary N) is 1. The molecule has 2 bridgehead atoms. The molecule has 3 N–H and O–H groups in total. The Morgan fingerprint density at radius 2 is 1.84 bits per heavy atom. The molecule has 25 heavy (non-hydrogen) atoms. The van der Waals surface area contributed by atoms with E-state index in [1.54, 1.807) is 0 Å². The molecule has 2 aliphatic heterocycles. The van der Waals surface area contributed by atoms with Crippen LogP contribution in [0.2, 0.25) is 0 Å². The summed E-state index contributed by atoms with van der Waals surface area (Å²) in [5.74, 6) is 0. The van der Waals surface area contributed by atoms with E-state index in [9.17, 15) is 4.79 Å². The van der Waals surface area contributed by atoms with Crippen molar-refractivity contribution in [2.75, 3.05) is 26.7 Å². The van der Waals surface area contributed by atoms with Gasteiger partial charge in [0.1, 0.15) is 5.60 Å². The molecule has 3 atom stereocenters. The zero-order chi connectivity index (χ0) is 18.8. The quantitative estimate of drug-likeness (QED) is 0.792. The van der Waals surface area contributed by atoms with Crippen LogP contribution in [-0.4, -0.2) is 71.8 Å². The first-order valence-corrected chi connectivity index (χ1v) is 9.68. The number of hydrogen-bond acceptors (Lipinski definition) is 5. The molecule has 146 valence electrons. The number of nitrogens with one attached hydrogen (secondary N) is 1. The predicted molar refractivity (Wildman–Crippen MR) is 102 cm³/mol. The lowest BCUT2D eigenvalue weighted by Crippen LogP contribution is -2.53. The Morgan fingerprint density at radius 3 is 2.44 bits per heavy atom. The average Bonchev–Trinajstić information content (AvgIpc) is 2.67. The van der Waals surface area contributed by atoms with Gasteiger partial charge in [0.2, 0.25) is 0 Å². The van der Waals surface area contributed by atoms with E-state index in [0.29, 0.717) is 12.6 Å². The normalized spacial score (nSPS) is 27.0. The lowest BCUT2D eigenvalue weighted by Gasteiger charge is -2.38. The van der Waals surface area contributed by atoms with E-state index in [0.717, 1.165) is 25.6 Å². The Hall–Kier alpha value is -0.850. The Balaban J connectivity index is 1.94. The van der Waals surface area contributed by atoms with E-state index in [1.165, 1.54) is 19.3 Å². The van der Waals surface area contributed by atoms with Gasteiger partial charge in [-0.2, -0.15) is 0 Å². The van der Waals surface area contributed by atoms with E-state index in [-0.39, 0.29) is 17.7 Å². The highest BCUT2D eigenvalue weighted by molar-refractivity contribution is 5.68. The van der Waals surface area contributed by atoms with E-state index in [4.69, 9.17) is 10.5 Å². The van der Waals surface area contributed by atoms with Gasteiger partial charge in [-0.25, -0.2) is 4.79 Å². The molecule has 1 amide bonds. The van der Waals surface area contributed by atoms with Crippen molar-refractivity contribution in [1.82, 2.24) is 15.1 Å². The van der Waals surface area contributed by atoms with Gasteiger partial charge in [0, 0.05) is 43.3 Å². The third kappa shape index (κ3) is 5.83. The molecule has 6 heteroatoms. The van der Waals surface area contributed by atoms with Crippen LogP contribution in [0, 0.1) is 0 Å². The average molecular weight is 355 g/mol. The lowest BCUT2D eigenvalue weighted by atomic mass is 9.93. The van der Waals surface area contributed by atoms with Crippen LogP contribution >= 0.6 is 0 Å². The molecule has 0 spiro atoms. The lowest BCUT2D eigenvalue weighted by molar-refractivity contribution is 0.0445. The first-order chi connectivity index (χ1) is 11.5. The molecule has 2 heterocycles. The van der Waals surface area contributed by atoms with Gasteiger partial charge >= 0.3 is 6.09 Å². The summed E-state index contributed by atoms with van der Waals surface area (Å²) in [5, 5.41) is 3.02. The minimum Gasteiger partial charge on any atom is -0.444 e. The number of likely N-dealkylation sites (tertiary alicyclic amines) is 1. The molecule has 6 nitrogen and oxygen atoms in total. The van der Waals surface area contributed by atoms with Gasteiger partial charge in [-0.05, 0) is 67.3 Å². The summed E-state index contributed by atoms with van der Waals surface area (Å²) in [6, 6.07) is 1.64. The van der Waals surface area contributed by atoms with Crippen molar-refractivity contribution in [2.24, 2.45) is 5.73 Å². The smallest absolute Gasteiger partial charge is 0.408 e. The Morgan fingerprint density at radius 1 is 1.20 bits per heavy atom. The largest absolute Gasteiger partial charge is 0.444 e. The summed E-state index contributed by atoms with van der Waals surface area (Å²) in [5.41, 5.74) is 5.29. The fourth-order valence-electron chi connectivity index (χ4n) is 4.25. The number of alkyl carbamates (subject to hydrolysis) is 1. The van der Waals surface area contributed by atoms with Crippen LogP contribution in [0.4, 0.5) is 4.79 Å². The number of hydrogen-bond donors (Lipinski definition) is 2. The molecule has 0 aromatic carbocycles. The van der Waals surface area contributed by atoms with Gasteiger partial charge in [0.05, 0.1) is 0 Å². The molecular formula is C19H38N4O2. The molecule has 0 aromatic heterocycles. The van der Waals surface area contributed by atoms with E-state index < -0.39 is 5.60 Å². The highest BCUT2D eigenvalue weighted by Gasteiger charge is 2.37. The number of carbonyl (C=O) groups is 1. The predicted octanol–water partition coefficient (Wildman–Crippen LogP) is 2.18. The van der Waals surface area contributed by atoms with Crippen molar-refractivity contribution in [3.05, 3.63) is 0 Å². The number of rotatable bonds is 5. The fourth-order valence-corrected chi connectivity index (χ4v) is 4.25. The summed E-state index contributed by atoms with van der Waals surface area (Å²) in [4.78, 5) is 17.2. The van der Waals surface area contributed by atoms with Crippen LogP contribution in [0.15, 0.2) is 0 Å². The maximum atomic E-state index is 12.1. The number of amides is 1. The summed E-state index contributed by atoms with van der Waals surface area (Å²) in [6.07, 6.45) is 4.29. The standard InChI is InChI=1S/C19H38N4O2/c1-18(2,3)25-17(24)21-19(4,5)11-16(12-20)23-10-9-14-7-8-15(13-23)22(14)6/h14-16H,7-13,20H2,1-6H3,(H,21,24). The molecule has 2 rings (SSSR count). The third-order valence-corrected chi connectivity index (χ3v) is 5.55. The molecule has 2 fully saturated rings. The second-order valence-electron chi connectivity index (χ2n) is 9.44. The molecule has 0 saturated carbocycles. The second kappa shape index (κ2) is 7.80. The zero-order valence-electron chi connectivity index (χ0n) is 17.0. The Bertz CT molecular complexity index is 461. The second-order valence-corrected chi connectivity index (χ2v) is 9.44. The topological polar surface area (TPSA) is 70.8 Å². The van der Waals surface area contributed by atoms with Gasteiger partial charge in [-0.1, -0.05) is 0 Å². The number of fused-ring (bicyclic) bond motifs is 2. The van der Waals surface area contributed by atoms with Crippen LogP contribution in [0.3, 0.4) is 0 Å². The van der Waals surface area contributed by atoms with E-state index >= 15 is 0 Å². The first kappa shape index (κ1) is 20.5. The van der Waals surface area contributed by atoms with Crippen LogP contribution in [-0.2, 0) is 4.74 Å². The zero-order valence-corrected chi connectivity index (χ0v) is 17.0. The molecule has 2 aliphatic rings. The van der Waals surface area contributed by atoms with Crippen LogP contribution in [0.1, 0.15) is 60.3 Å². The maximum absolute atomic E-state index is 12.1.